The summed E-state index contributed by atoms with van der Waals surface area (Å²) in [6.45, 7) is 3.52. The van der Waals surface area contributed by atoms with Gasteiger partial charge in [-0.15, -0.1) is 0 Å². The lowest BCUT2D eigenvalue weighted by Gasteiger charge is -2.17. The number of aldehydes is 1. The first kappa shape index (κ1) is 10.5. The van der Waals surface area contributed by atoms with Gasteiger partial charge in [0.1, 0.15) is 17.5 Å². The van der Waals surface area contributed by atoms with Crippen molar-refractivity contribution in [3.05, 3.63) is 24.1 Å². The number of dihydropyridines is 1. The SMILES string of the molecule is CC(C)(C=O)C(=O)OC1=CC=CNC1. The van der Waals surface area contributed by atoms with Crippen LogP contribution in [0.3, 0.4) is 0 Å². The Morgan fingerprint density at radius 3 is 2.86 bits per heavy atom. The lowest BCUT2D eigenvalue weighted by molar-refractivity contribution is -0.151. The van der Waals surface area contributed by atoms with Gasteiger partial charge >= 0.3 is 5.97 Å². The molecule has 0 aromatic carbocycles. The van der Waals surface area contributed by atoms with E-state index in [1.165, 1.54) is 13.8 Å². The number of rotatable bonds is 3. The molecule has 0 amide bonds. The van der Waals surface area contributed by atoms with E-state index in [9.17, 15) is 9.59 Å². The molecule has 1 aliphatic heterocycles. The van der Waals surface area contributed by atoms with E-state index >= 15 is 0 Å². The van der Waals surface area contributed by atoms with E-state index in [4.69, 9.17) is 4.74 Å². The molecule has 1 heterocycles. The molecule has 0 fully saturated rings. The Morgan fingerprint density at radius 1 is 1.64 bits per heavy atom. The smallest absolute Gasteiger partial charge is 0.323 e. The molecule has 4 heteroatoms. The fourth-order valence-electron chi connectivity index (χ4n) is 0.811. The van der Waals surface area contributed by atoms with Crippen LogP contribution in [0, 0.1) is 5.41 Å². The fourth-order valence-corrected chi connectivity index (χ4v) is 0.811. The van der Waals surface area contributed by atoms with Gasteiger partial charge in [0.25, 0.3) is 0 Å². The normalized spacial score (nSPS) is 15.4. The molecule has 76 valence electrons. The van der Waals surface area contributed by atoms with Gasteiger partial charge < -0.3 is 14.8 Å². The number of esters is 1. The van der Waals surface area contributed by atoms with Gasteiger partial charge in [0, 0.05) is 0 Å². The van der Waals surface area contributed by atoms with E-state index in [0.717, 1.165) is 0 Å². The van der Waals surface area contributed by atoms with Gasteiger partial charge in [-0.3, -0.25) is 4.79 Å². The molecule has 0 saturated carbocycles. The fraction of sp³-hybridized carbons (Fsp3) is 0.400. The predicted octanol–water partition coefficient (Wildman–Crippen LogP) is 0.755. The molecule has 14 heavy (non-hydrogen) atoms. The number of hydrogen-bond acceptors (Lipinski definition) is 4. The molecule has 1 rings (SSSR count). The van der Waals surface area contributed by atoms with Crippen molar-refractivity contribution in [1.29, 1.82) is 0 Å². The van der Waals surface area contributed by atoms with Crippen molar-refractivity contribution in [3.8, 4) is 0 Å². The van der Waals surface area contributed by atoms with Gasteiger partial charge in [-0.05, 0) is 32.2 Å². The zero-order chi connectivity index (χ0) is 10.6. The standard InChI is InChI=1S/C10H13NO3/c1-10(2,7-12)9(13)14-8-4-3-5-11-6-8/h3-5,7,11H,6H2,1-2H3. The summed E-state index contributed by atoms with van der Waals surface area (Å²) < 4.78 is 5.02. The minimum absolute atomic E-state index is 0.469. The Morgan fingerprint density at radius 2 is 2.36 bits per heavy atom. The molecule has 0 aliphatic carbocycles. The van der Waals surface area contributed by atoms with Crippen molar-refractivity contribution in [2.45, 2.75) is 13.8 Å². The first-order valence-electron chi connectivity index (χ1n) is 4.34. The summed E-state index contributed by atoms with van der Waals surface area (Å²) in [6.07, 6.45) is 5.76. The third-order valence-corrected chi connectivity index (χ3v) is 1.82. The van der Waals surface area contributed by atoms with Gasteiger partial charge in [0.15, 0.2) is 0 Å². The zero-order valence-electron chi connectivity index (χ0n) is 8.24. The summed E-state index contributed by atoms with van der Waals surface area (Å²) >= 11 is 0. The first-order chi connectivity index (χ1) is 6.56. The third-order valence-electron chi connectivity index (χ3n) is 1.82. The minimum atomic E-state index is -1.08. The van der Waals surface area contributed by atoms with Crippen molar-refractivity contribution < 1.29 is 14.3 Å². The average Bonchev–Trinajstić information content (AvgIpc) is 2.19. The quantitative estimate of drug-likeness (QED) is 0.410. The Labute approximate surface area is 82.6 Å². The molecule has 0 spiro atoms. The van der Waals surface area contributed by atoms with Gasteiger partial charge in [0.2, 0.25) is 0 Å². The van der Waals surface area contributed by atoms with Crippen LogP contribution in [0.4, 0.5) is 0 Å². The van der Waals surface area contributed by atoms with Crippen LogP contribution in [0.5, 0.6) is 0 Å². The Hall–Kier alpha value is -1.58. The van der Waals surface area contributed by atoms with Gasteiger partial charge in [-0.1, -0.05) is 0 Å². The van der Waals surface area contributed by atoms with Crippen molar-refractivity contribution >= 4 is 12.3 Å². The summed E-state index contributed by atoms with van der Waals surface area (Å²) in [6, 6.07) is 0. The summed E-state index contributed by atoms with van der Waals surface area (Å²) in [5.41, 5.74) is -1.08. The van der Waals surface area contributed by atoms with Crippen molar-refractivity contribution in [3.63, 3.8) is 0 Å². The highest BCUT2D eigenvalue weighted by atomic mass is 16.5. The second-order valence-corrected chi connectivity index (χ2v) is 3.60. The second-order valence-electron chi connectivity index (χ2n) is 3.60. The Balaban J connectivity index is 2.60. The minimum Gasteiger partial charge on any atom is -0.428 e. The summed E-state index contributed by atoms with van der Waals surface area (Å²) in [4.78, 5) is 22.0. The van der Waals surface area contributed by atoms with Gasteiger partial charge in [0.05, 0.1) is 6.54 Å². The summed E-state index contributed by atoms with van der Waals surface area (Å²) in [7, 11) is 0. The second kappa shape index (κ2) is 4.09. The molecule has 0 atom stereocenters. The van der Waals surface area contributed by atoms with E-state index in [1.807, 2.05) is 0 Å². The lowest BCUT2D eigenvalue weighted by atomic mass is 9.96. The zero-order valence-corrected chi connectivity index (χ0v) is 8.24. The van der Waals surface area contributed by atoms with Gasteiger partial charge in [-0.2, -0.15) is 0 Å². The highest BCUT2D eigenvalue weighted by Crippen LogP contribution is 2.16. The van der Waals surface area contributed by atoms with E-state index in [2.05, 4.69) is 5.32 Å². The molecule has 0 aromatic heterocycles. The molecular formula is C10H13NO3. The average molecular weight is 195 g/mol. The molecule has 0 saturated heterocycles. The highest BCUT2D eigenvalue weighted by Gasteiger charge is 2.29. The molecule has 0 aromatic rings. The monoisotopic (exact) mass is 195 g/mol. The van der Waals surface area contributed by atoms with Crippen LogP contribution in [-0.4, -0.2) is 18.8 Å². The molecule has 1 N–H and O–H groups in total. The number of allylic oxidation sites excluding steroid dienone is 2. The Bertz CT molecular complexity index is 302. The number of carbonyl (C=O) groups is 2. The molecular weight excluding hydrogens is 182 g/mol. The maximum absolute atomic E-state index is 11.4. The van der Waals surface area contributed by atoms with Crippen LogP contribution < -0.4 is 5.32 Å². The van der Waals surface area contributed by atoms with Crippen LogP contribution in [-0.2, 0) is 14.3 Å². The third kappa shape index (κ3) is 2.45. The largest absolute Gasteiger partial charge is 0.428 e. The number of carbonyl (C=O) groups excluding carboxylic acids is 2. The van der Waals surface area contributed by atoms with Crippen LogP contribution in [0.2, 0.25) is 0 Å². The van der Waals surface area contributed by atoms with Crippen LogP contribution in [0.15, 0.2) is 24.1 Å². The van der Waals surface area contributed by atoms with Crippen molar-refractivity contribution in [1.82, 2.24) is 5.32 Å². The molecule has 0 unspecified atom stereocenters. The van der Waals surface area contributed by atoms with E-state index in [1.54, 1.807) is 18.4 Å². The predicted molar refractivity (Wildman–Crippen MR) is 51.2 cm³/mol. The molecule has 4 nitrogen and oxygen atoms in total. The molecule has 0 radical (unpaired) electrons. The van der Waals surface area contributed by atoms with Crippen LogP contribution >= 0.6 is 0 Å². The van der Waals surface area contributed by atoms with E-state index < -0.39 is 11.4 Å². The maximum Gasteiger partial charge on any atom is 0.323 e. The number of nitrogens with one attached hydrogen (secondary N) is 1. The lowest BCUT2D eigenvalue weighted by Crippen LogP contribution is -2.29. The number of hydrogen-bond donors (Lipinski definition) is 1. The number of ether oxygens (including phenoxy) is 1. The highest BCUT2D eigenvalue weighted by molar-refractivity contribution is 5.92. The van der Waals surface area contributed by atoms with Crippen molar-refractivity contribution in [2.75, 3.05) is 6.54 Å². The van der Waals surface area contributed by atoms with Crippen LogP contribution in [0.25, 0.3) is 0 Å². The van der Waals surface area contributed by atoms with E-state index in [0.29, 0.717) is 18.6 Å². The van der Waals surface area contributed by atoms with Crippen LogP contribution in [0.1, 0.15) is 13.8 Å². The molecule has 1 aliphatic rings. The van der Waals surface area contributed by atoms with Crippen molar-refractivity contribution in [2.24, 2.45) is 5.41 Å². The topological polar surface area (TPSA) is 55.4 Å². The van der Waals surface area contributed by atoms with E-state index in [-0.39, 0.29) is 0 Å². The maximum atomic E-state index is 11.4. The summed E-state index contributed by atoms with van der Waals surface area (Å²) in [5, 5.41) is 2.90. The molecule has 0 bridgehead atoms. The van der Waals surface area contributed by atoms with Gasteiger partial charge in [-0.25, -0.2) is 0 Å². The first-order valence-corrected chi connectivity index (χ1v) is 4.34. The Kier molecular flexibility index (Phi) is 3.06. The summed E-state index contributed by atoms with van der Waals surface area (Å²) in [5.74, 6) is -0.0109.